The molecule has 2 unspecified atom stereocenters. The van der Waals surface area contributed by atoms with Gasteiger partial charge in [0.25, 0.3) is 0 Å². The third-order valence-corrected chi connectivity index (χ3v) is 19.4. The summed E-state index contributed by atoms with van der Waals surface area (Å²) in [6, 6.07) is 19.9. The highest BCUT2D eigenvalue weighted by Gasteiger charge is 2.80. The third-order valence-electron chi connectivity index (χ3n) is 19.4. The molecule has 0 saturated carbocycles. The number of fused-ring (bicyclic) bond motifs is 8. The van der Waals surface area contributed by atoms with Gasteiger partial charge in [-0.1, -0.05) is 88.8 Å². The topological polar surface area (TPSA) is 374 Å². The molecule has 2 saturated heterocycles. The van der Waals surface area contributed by atoms with Crippen molar-refractivity contribution >= 4 is 92.6 Å². The number of aromatic amines is 2. The number of hydrogen-bond acceptors (Lipinski definition) is 20. The van der Waals surface area contributed by atoms with E-state index >= 15 is 0 Å². The van der Waals surface area contributed by atoms with Crippen LogP contribution in [0.1, 0.15) is 178 Å². The maximum absolute atomic E-state index is 14.0. The fourth-order valence-corrected chi connectivity index (χ4v) is 14.2. The third kappa shape index (κ3) is 11.1. The number of hydrogen-bond donors (Lipinski definition) is 10. The first-order valence-corrected chi connectivity index (χ1v) is 31.7. The highest BCUT2D eigenvalue weighted by molar-refractivity contribution is 6.08. The molecule has 2 fully saturated rings. The van der Waals surface area contributed by atoms with Gasteiger partial charge in [-0.2, -0.15) is 0 Å². The van der Waals surface area contributed by atoms with Gasteiger partial charge in [0.2, 0.25) is 0 Å². The Morgan fingerprint density at radius 1 is 0.436 bits per heavy atom. The zero-order valence-electron chi connectivity index (χ0n) is 54.3. The predicted molar refractivity (Wildman–Crippen MR) is 348 cm³/mol. The van der Waals surface area contributed by atoms with Crippen LogP contribution in [0.15, 0.2) is 72.8 Å². The molecule has 7 heterocycles. The molecule has 10 N–H and O–H groups in total. The lowest BCUT2D eigenvalue weighted by Crippen LogP contribution is -2.85. The van der Waals surface area contributed by atoms with E-state index in [1.54, 1.807) is 36.4 Å². The molecule has 0 radical (unpaired) electrons. The monoisotopic (exact) mass is 1290 g/mol. The number of nitrogens with one attached hydrogen (secondary N) is 2. The van der Waals surface area contributed by atoms with E-state index in [4.69, 9.17) is 19.4 Å². The van der Waals surface area contributed by atoms with Crippen molar-refractivity contribution in [3.63, 3.8) is 0 Å². The number of rotatable bonds is 24. The SMILES string of the molecule is CCCCCCc1c2nc(c(-c3cccc([C@@H]4O[C@H](C(O)C(C)=O)[C@](O)(C(C)=O)[C@@](O)(C(C)=O)[C@]4(O)C(C)=O)c3)c3nc(c(CCCCCC)c4ccc([nH]4)c(-c4cccc([C@@H]5O[C@H](C(O)C(C)=O)[C@](O)(C(C)=O)[C@@](O)(C(C)=O)[C@]5(O)C(C)=O)c4)c4ccc1[nH]4)C=C3)C=C2. The summed E-state index contributed by atoms with van der Waals surface area (Å²) >= 11 is 0. The predicted octanol–water partition coefficient (Wildman–Crippen LogP) is 6.94. The van der Waals surface area contributed by atoms with E-state index in [1.807, 2.05) is 36.4 Å². The molecule has 12 atom stereocenters. The first-order valence-electron chi connectivity index (χ1n) is 31.7. The summed E-state index contributed by atoms with van der Waals surface area (Å²) in [6.07, 6.45) is 1.58. The van der Waals surface area contributed by atoms with Gasteiger partial charge in [-0.25, -0.2) is 9.97 Å². The van der Waals surface area contributed by atoms with Crippen LogP contribution < -0.4 is 0 Å². The number of ether oxygens (including phenoxy) is 2. The van der Waals surface area contributed by atoms with E-state index in [0.29, 0.717) is 79.9 Å². The van der Waals surface area contributed by atoms with Crippen molar-refractivity contribution in [2.75, 3.05) is 0 Å². The normalized spacial score (nSPS) is 27.2. The first-order chi connectivity index (χ1) is 44.3. The molecule has 498 valence electrons. The minimum atomic E-state index is -3.69. The van der Waals surface area contributed by atoms with E-state index in [1.165, 1.54) is 24.3 Å². The minimum Gasteiger partial charge on any atom is -0.382 e. The lowest BCUT2D eigenvalue weighted by Gasteiger charge is -2.58. The number of carbonyl (C=O) groups is 8. The Kier molecular flexibility index (Phi) is 19.9. The molecular weight excluding hydrogens is 1210 g/mol. The van der Waals surface area contributed by atoms with Crippen LogP contribution in [0.3, 0.4) is 0 Å². The Bertz CT molecular complexity index is 4050. The largest absolute Gasteiger partial charge is 0.382 e. The lowest BCUT2D eigenvalue weighted by molar-refractivity contribution is -0.329. The van der Waals surface area contributed by atoms with E-state index in [2.05, 4.69) is 23.8 Å². The van der Waals surface area contributed by atoms with Crippen molar-refractivity contribution in [1.29, 1.82) is 0 Å². The summed E-state index contributed by atoms with van der Waals surface area (Å²) < 4.78 is 12.4. The van der Waals surface area contributed by atoms with Crippen molar-refractivity contribution in [3.8, 4) is 22.3 Å². The smallest absolute Gasteiger partial charge is 0.200 e. The molecular formula is C72H82N4O18. The summed E-state index contributed by atoms with van der Waals surface area (Å²) in [5, 5.41) is 97.6. The molecule has 94 heavy (non-hydrogen) atoms. The summed E-state index contributed by atoms with van der Waals surface area (Å²) in [5.41, 5.74) is -13.9. The van der Waals surface area contributed by atoms with Gasteiger partial charge >= 0.3 is 0 Å². The molecule has 2 aromatic carbocycles. The van der Waals surface area contributed by atoms with Crippen LogP contribution in [-0.4, -0.2) is 165 Å². The molecule has 0 amide bonds. The fourth-order valence-electron chi connectivity index (χ4n) is 14.2. The fraction of sp³-hybridized carbons (Fsp3) is 0.444. The Hall–Kier alpha value is -8.00. The van der Waals surface area contributed by atoms with Crippen molar-refractivity contribution in [3.05, 3.63) is 118 Å². The second kappa shape index (κ2) is 26.7. The van der Waals surface area contributed by atoms with Crippen molar-refractivity contribution < 1.29 is 88.7 Å². The number of ketones is 8. The number of aliphatic hydroxyl groups excluding tert-OH is 2. The van der Waals surface area contributed by atoms with Gasteiger partial charge < -0.3 is 60.3 Å². The molecule has 3 aromatic heterocycles. The number of aliphatic hydroxyl groups is 8. The van der Waals surface area contributed by atoms with Crippen LogP contribution in [0.4, 0.5) is 0 Å². The number of Topliss-reactive ketones (excluding diaryl/α,β-unsaturated/α-hetero) is 8. The van der Waals surface area contributed by atoms with Crippen LogP contribution in [0, 0.1) is 0 Å². The number of aromatic nitrogens is 4. The molecule has 0 spiro atoms. The van der Waals surface area contributed by atoms with Crippen LogP contribution in [-0.2, 0) is 60.7 Å². The van der Waals surface area contributed by atoms with Gasteiger partial charge in [-0.3, -0.25) is 38.4 Å². The quantitative estimate of drug-likeness (QED) is 0.0274. The second-order valence-electron chi connectivity index (χ2n) is 25.4. The van der Waals surface area contributed by atoms with Crippen molar-refractivity contribution in [1.82, 2.24) is 19.9 Å². The molecule has 9 rings (SSSR count). The minimum absolute atomic E-state index is 0.0695. The Morgan fingerprint density at radius 3 is 1.11 bits per heavy atom. The number of H-pyrrole nitrogens is 2. The summed E-state index contributed by atoms with van der Waals surface area (Å²) in [6.45, 7) is 10.8. The molecule has 22 nitrogen and oxygen atoms in total. The van der Waals surface area contributed by atoms with Crippen LogP contribution in [0.5, 0.6) is 0 Å². The molecule has 4 aliphatic heterocycles. The van der Waals surface area contributed by atoms with Crippen molar-refractivity contribution in [2.45, 2.75) is 204 Å². The number of carbonyl (C=O) groups excluding carboxylic acids is 8. The molecule has 0 aliphatic carbocycles. The summed E-state index contributed by atoms with van der Waals surface area (Å²) in [4.78, 5) is 127. The van der Waals surface area contributed by atoms with E-state index < -0.39 is 116 Å². The van der Waals surface area contributed by atoms with Gasteiger partial charge in [-0.05, 0) is 164 Å². The highest BCUT2D eigenvalue weighted by atomic mass is 16.6. The molecule has 4 aliphatic rings. The number of benzene rings is 2. The summed E-state index contributed by atoms with van der Waals surface area (Å²) in [5.74, 6) is -10.3. The Labute approximate surface area is 542 Å². The van der Waals surface area contributed by atoms with Gasteiger partial charge in [-0.15, -0.1) is 0 Å². The maximum Gasteiger partial charge on any atom is 0.200 e. The first kappa shape index (κ1) is 70.3. The molecule has 22 heteroatoms. The number of nitrogens with zero attached hydrogens (tertiary/aromatic N) is 2. The second-order valence-corrected chi connectivity index (χ2v) is 25.4. The van der Waals surface area contributed by atoms with E-state index in [9.17, 15) is 79.2 Å². The zero-order valence-corrected chi connectivity index (χ0v) is 54.3. The Balaban J connectivity index is 1.33. The molecule has 5 aromatic rings. The highest BCUT2D eigenvalue weighted by Crippen LogP contribution is 2.55. The average molecular weight is 1290 g/mol. The van der Waals surface area contributed by atoms with E-state index in [-0.39, 0.29) is 11.1 Å². The van der Waals surface area contributed by atoms with E-state index in [0.717, 1.165) is 118 Å². The van der Waals surface area contributed by atoms with Crippen LogP contribution in [0.25, 0.3) is 68.6 Å². The van der Waals surface area contributed by atoms with Crippen LogP contribution in [0.2, 0.25) is 0 Å². The van der Waals surface area contributed by atoms with Gasteiger partial charge in [0.15, 0.2) is 79.9 Å². The van der Waals surface area contributed by atoms with Gasteiger partial charge in [0.1, 0.15) is 36.6 Å². The maximum atomic E-state index is 14.0. The summed E-state index contributed by atoms with van der Waals surface area (Å²) in [7, 11) is 0. The standard InChI is InChI=1S/C72H82N4O18/c1-11-13-15-17-25-49-51-27-31-55(73-51)59(45-21-19-23-47(35-45)63-67(87,39(5)79)71(91,43(9)83)69(89,41(7)81)65(93-63)61(85)37(3)77)57-33-29-53(75-57)50(26-18-16-14-12-2)54-30-34-58(76-54)60(56-32-28-52(49)74-56)46-22-20-24-48(36-46)64-68(88,40(6)80)72(92,44(10)84)70(90,42(8)82)66(94-64)62(86)38(4)78/h19-24,27-36,61-66,73,75,85-92H,11-18,25-26H2,1-10H3/t61?,62?,63-,64-,65+,66+,67-,68-,69+,70+,71+,72+/m0/s1. The van der Waals surface area contributed by atoms with Crippen LogP contribution >= 0.6 is 0 Å². The zero-order chi connectivity index (χ0) is 68.9. The lowest BCUT2D eigenvalue weighted by atomic mass is 9.57. The number of aryl methyl sites for hydroxylation is 2. The van der Waals surface area contributed by atoms with Gasteiger partial charge in [0.05, 0.1) is 22.8 Å². The Morgan fingerprint density at radius 2 is 0.777 bits per heavy atom. The van der Waals surface area contributed by atoms with Crippen molar-refractivity contribution in [2.24, 2.45) is 0 Å². The van der Waals surface area contributed by atoms with Gasteiger partial charge in [0, 0.05) is 44.3 Å². The average Bonchev–Trinajstić information content (AvgIpc) is 0.905. The molecule has 8 bridgehead atoms. The number of unbranched alkanes of at least 4 members (excludes halogenated alkanes) is 6.